The summed E-state index contributed by atoms with van der Waals surface area (Å²) in [6.07, 6.45) is 8.41. The van der Waals surface area contributed by atoms with Crippen molar-refractivity contribution in [1.82, 2.24) is 15.1 Å². The molecule has 0 aromatic rings. The second kappa shape index (κ2) is 6.76. The molecule has 3 nitrogen and oxygen atoms in total. The predicted octanol–water partition coefficient (Wildman–Crippen LogP) is 2.32. The first-order chi connectivity index (χ1) is 9.74. The number of fused-ring (bicyclic) bond motifs is 1. The highest BCUT2D eigenvalue weighted by Gasteiger charge is 2.39. The van der Waals surface area contributed by atoms with Crippen LogP contribution in [0.1, 0.15) is 52.4 Å². The van der Waals surface area contributed by atoms with Gasteiger partial charge in [-0.3, -0.25) is 9.80 Å². The average molecular weight is 279 g/mol. The zero-order chi connectivity index (χ0) is 13.9. The van der Waals surface area contributed by atoms with E-state index in [9.17, 15) is 0 Å². The molecule has 3 heteroatoms. The second-order valence-electron chi connectivity index (χ2n) is 7.58. The lowest BCUT2D eigenvalue weighted by molar-refractivity contribution is 0.110. The van der Waals surface area contributed by atoms with Crippen molar-refractivity contribution in [2.75, 3.05) is 32.7 Å². The van der Waals surface area contributed by atoms with Crippen LogP contribution in [-0.2, 0) is 0 Å². The zero-order valence-electron chi connectivity index (χ0n) is 13.5. The average Bonchev–Trinajstić information content (AvgIpc) is 2.72. The van der Waals surface area contributed by atoms with Crippen LogP contribution < -0.4 is 5.32 Å². The van der Waals surface area contributed by atoms with Gasteiger partial charge in [-0.2, -0.15) is 0 Å². The van der Waals surface area contributed by atoms with Crippen molar-refractivity contribution in [3.05, 3.63) is 0 Å². The van der Waals surface area contributed by atoms with Gasteiger partial charge < -0.3 is 5.32 Å². The van der Waals surface area contributed by atoms with E-state index in [-0.39, 0.29) is 0 Å². The molecule has 0 aromatic carbocycles. The van der Waals surface area contributed by atoms with Crippen molar-refractivity contribution in [3.8, 4) is 0 Å². The van der Waals surface area contributed by atoms with Crippen LogP contribution in [0.3, 0.4) is 0 Å². The first-order valence-corrected chi connectivity index (χ1v) is 8.95. The molecule has 3 aliphatic heterocycles. The molecule has 0 saturated carbocycles. The Labute approximate surface area is 125 Å². The van der Waals surface area contributed by atoms with E-state index in [1.165, 1.54) is 71.2 Å². The molecule has 0 aromatic heterocycles. The summed E-state index contributed by atoms with van der Waals surface area (Å²) in [6.45, 7) is 11.3. The maximum atomic E-state index is 3.78. The molecule has 0 spiro atoms. The SMILES string of the molecule is CC(C)CC1CN(C2CCN3CCCCC23)CCCN1. The molecular weight excluding hydrogens is 246 g/mol. The molecule has 3 aliphatic rings. The van der Waals surface area contributed by atoms with E-state index >= 15 is 0 Å². The topological polar surface area (TPSA) is 18.5 Å². The number of piperidine rings is 1. The summed E-state index contributed by atoms with van der Waals surface area (Å²) in [5.41, 5.74) is 0. The summed E-state index contributed by atoms with van der Waals surface area (Å²) in [4.78, 5) is 5.63. The van der Waals surface area contributed by atoms with E-state index in [0.717, 1.165) is 24.0 Å². The molecule has 3 saturated heterocycles. The van der Waals surface area contributed by atoms with Crippen molar-refractivity contribution < 1.29 is 0 Å². The van der Waals surface area contributed by atoms with E-state index in [1.54, 1.807) is 0 Å². The van der Waals surface area contributed by atoms with Gasteiger partial charge in [0.1, 0.15) is 0 Å². The normalized spacial score (nSPS) is 37.0. The maximum Gasteiger partial charge on any atom is 0.0264 e. The van der Waals surface area contributed by atoms with Crippen LogP contribution in [-0.4, -0.2) is 60.6 Å². The third-order valence-electron chi connectivity index (χ3n) is 5.56. The fourth-order valence-electron chi connectivity index (χ4n) is 4.70. The van der Waals surface area contributed by atoms with Crippen LogP contribution in [0.25, 0.3) is 0 Å². The maximum absolute atomic E-state index is 3.78. The van der Waals surface area contributed by atoms with Crippen molar-refractivity contribution in [1.29, 1.82) is 0 Å². The van der Waals surface area contributed by atoms with E-state index in [2.05, 4.69) is 29.0 Å². The van der Waals surface area contributed by atoms with Gasteiger partial charge in [-0.05, 0) is 57.7 Å². The largest absolute Gasteiger partial charge is 0.313 e. The standard InChI is InChI=1S/C17H33N3/c1-14(2)12-15-13-20(10-5-8-18-15)17-7-11-19-9-4-3-6-16(17)19/h14-18H,3-13H2,1-2H3. The molecule has 3 rings (SSSR count). The number of rotatable bonds is 3. The van der Waals surface area contributed by atoms with Gasteiger partial charge in [-0.1, -0.05) is 20.3 Å². The Morgan fingerprint density at radius 1 is 0.950 bits per heavy atom. The summed E-state index contributed by atoms with van der Waals surface area (Å²) in [5, 5.41) is 3.78. The third-order valence-corrected chi connectivity index (χ3v) is 5.56. The Kier molecular flexibility index (Phi) is 5.00. The van der Waals surface area contributed by atoms with Crippen LogP contribution in [0.5, 0.6) is 0 Å². The Morgan fingerprint density at radius 2 is 1.75 bits per heavy atom. The minimum absolute atomic E-state index is 0.718. The Morgan fingerprint density at radius 3 is 2.60 bits per heavy atom. The molecule has 3 atom stereocenters. The number of nitrogens with one attached hydrogen (secondary N) is 1. The van der Waals surface area contributed by atoms with Gasteiger partial charge in [-0.15, -0.1) is 0 Å². The monoisotopic (exact) mass is 279 g/mol. The highest BCUT2D eigenvalue weighted by Crippen LogP contribution is 2.31. The fourth-order valence-corrected chi connectivity index (χ4v) is 4.70. The van der Waals surface area contributed by atoms with Gasteiger partial charge in [0, 0.05) is 31.2 Å². The van der Waals surface area contributed by atoms with Crippen molar-refractivity contribution in [3.63, 3.8) is 0 Å². The summed E-state index contributed by atoms with van der Waals surface area (Å²) >= 11 is 0. The molecule has 3 heterocycles. The van der Waals surface area contributed by atoms with E-state index in [4.69, 9.17) is 0 Å². The molecule has 116 valence electrons. The van der Waals surface area contributed by atoms with Crippen molar-refractivity contribution >= 4 is 0 Å². The Hall–Kier alpha value is -0.120. The van der Waals surface area contributed by atoms with E-state index < -0.39 is 0 Å². The van der Waals surface area contributed by atoms with Crippen LogP contribution in [0.4, 0.5) is 0 Å². The minimum atomic E-state index is 0.718. The van der Waals surface area contributed by atoms with Crippen LogP contribution >= 0.6 is 0 Å². The van der Waals surface area contributed by atoms with Crippen LogP contribution in [0.2, 0.25) is 0 Å². The summed E-state index contributed by atoms with van der Waals surface area (Å²) in [7, 11) is 0. The van der Waals surface area contributed by atoms with Gasteiger partial charge in [-0.25, -0.2) is 0 Å². The molecule has 20 heavy (non-hydrogen) atoms. The minimum Gasteiger partial charge on any atom is -0.313 e. The summed E-state index contributed by atoms with van der Waals surface area (Å²) in [5.74, 6) is 0.808. The highest BCUT2D eigenvalue weighted by atomic mass is 15.3. The van der Waals surface area contributed by atoms with Crippen LogP contribution in [0, 0.1) is 5.92 Å². The van der Waals surface area contributed by atoms with E-state index in [0.29, 0.717) is 0 Å². The summed E-state index contributed by atoms with van der Waals surface area (Å²) in [6, 6.07) is 2.45. The molecule has 0 bridgehead atoms. The van der Waals surface area contributed by atoms with Gasteiger partial charge in [0.05, 0.1) is 0 Å². The van der Waals surface area contributed by atoms with Crippen molar-refractivity contribution in [2.45, 2.75) is 70.5 Å². The highest BCUT2D eigenvalue weighted by molar-refractivity contribution is 4.96. The molecule has 1 N–H and O–H groups in total. The number of hydrogen-bond acceptors (Lipinski definition) is 3. The fraction of sp³-hybridized carbons (Fsp3) is 1.00. The molecule has 3 fully saturated rings. The molecule has 0 radical (unpaired) electrons. The smallest absolute Gasteiger partial charge is 0.0264 e. The number of nitrogens with zero attached hydrogens (tertiary/aromatic N) is 2. The van der Waals surface area contributed by atoms with Crippen LogP contribution in [0.15, 0.2) is 0 Å². The first-order valence-electron chi connectivity index (χ1n) is 8.95. The van der Waals surface area contributed by atoms with E-state index in [1.807, 2.05) is 0 Å². The molecule has 3 unspecified atom stereocenters. The lowest BCUT2D eigenvalue weighted by Crippen LogP contribution is -2.50. The zero-order valence-corrected chi connectivity index (χ0v) is 13.5. The lowest BCUT2D eigenvalue weighted by atomic mass is 9.96. The van der Waals surface area contributed by atoms with Gasteiger partial charge in [0.25, 0.3) is 0 Å². The summed E-state index contributed by atoms with van der Waals surface area (Å²) < 4.78 is 0. The number of hydrogen-bond donors (Lipinski definition) is 1. The van der Waals surface area contributed by atoms with Crippen molar-refractivity contribution in [2.24, 2.45) is 5.92 Å². The quantitative estimate of drug-likeness (QED) is 0.855. The second-order valence-corrected chi connectivity index (χ2v) is 7.58. The molecular formula is C17H33N3. The lowest BCUT2D eigenvalue weighted by Gasteiger charge is -2.38. The van der Waals surface area contributed by atoms with Gasteiger partial charge >= 0.3 is 0 Å². The molecule has 0 amide bonds. The Bertz CT molecular complexity index is 305. The Balaban J connectivity index is 1.62. The van der Waals surface area contributed by atoms with Gasteiger partial charge in [0.2, 0.25) is 0 Å². The predicted molar refractivity (Wildman–Crippen MR) is 85.1 cm³/mol. The molecule has 0 aliphatic carbocycles. The first kappa shape index (κ1) is 14.8. The third kappa shape index (κ3) is 3.37. The van der Waals surface area contributed by atoms with Gasteiger partial charge in [0.15, 0.2) is 0 Å².